The minimum atomic E-state index is -0.175. The number of aryl methyl sites for hydroxylation is 1. The summed E-state index contributed by atoms with van der Waals surface area (Å²) in [4.78, 5) is 13.7. The summed E-state index contributed by atoms with van der Waals surface area (Å²) in [6, 6.07) is 24.7. The number of hydrogen-bond donors (Lipinski definition) is 2. The number of anilines is 2. The van der Waals surface area contributed by atoms with Crippen molar-refractivity contribution < 1.29 is 9.53 Å². The number of carbonyl (C=O) groups is 1. The van der Waals surface area contributed by atoms with Gasteiger partial charge in [0.25, 0.3) is 0 Å². The maximum absolute atomic E-state index is 13.7. The van der Waals surface area contributed by atoms with E-state index in [1.54, 1.807) is 0 Å². The van der Waals surface area contributed by atoms with Crippen LogP contribution in [0.1, 0.15) is 55.3 Å². The fourth-order valence-corrected chi connectivity index (χ4v) is 4.93. The van der Waals surface area contributed by atoms with Gasteiger partial charge in [-0.05, 0) is 60.6 Å². The number of para-hydroxylation sites is 2. The SMILES string of the molecule is Cc1cccc(C2Nc3ccccc3NC3=C2C(=O)CC(c2ccc(OCC(C)C)cc2)C3)c1. The minimum absolute atomic E-state index is 0.140. The molecule has 2 unspecified atom stereocenters. The van der Waals surface area contributed by atoms with E-state index in [9.17, 15) is 4.79 Å². The highest BCUT2D eigenvalue weighted by Gasteiger charge is 2.36. The highest BCUT2D eigenvalue weighted by atomic mass is 16.5. The standard InChI is InChI=1S/C30H32N2O2/c1-19(2)18-34-24-13-11-21(12-14-24)23-16-27-29(28(33)17-23)30(22-8-6-7-20(3)15-22)32-26-10-5-4-9-25(26)31-27/h4-15,19,23,30-32H,16-18H2,1-3H3. The fourth-order valence-electron chi connectivity index (χ4n) is 4.93. The number of allylic oxidation sites excluding steroid dienone is 1. The minimum Gasteiger partial charge on any atom is -0.493 e. The van der Waals surface area contributed by atoms with E-state index in [1.807, 2.05) is 24.3 Å². The van der Waals surface area contributed by atoms with Crippen LogP contribution in [0.4, 0.5) is 11.4 Å². The van der Waals surface area contributed by atoms with Crippen LogP contribution >= 0.6 is 0 Å². The van der Waals surface area contributed by atoms with Crippen molar-refractivity contribution in [2.75, 3.05) is 17.2 Å². The van der Waals surface area contributed by atoms with E-state index in [2.05, 4.69) is 79.9 Å². The Kier molecular flexibility index (Phi) is 6.14. The topological polar surface area (TPSA) is 50.4 Å². The molecule has 3 aromatic rings. The molecule has 1 aliphatic heterocycles. The molecule has 0 aromatic heterocycles. The first-order valence-electron chi connectivity index (χ1n) is 12.2. The maximum Gasteiger partial charge on any atom is 0.163 e. The van der Waals surface area contributed by atoms with Gasteiger partial charge in [-0.1, -0.05) is 67.9 Å². The Hall–Kier alpha value is -3.53. The predicted molar refractivity (Wildman–Crippen MR) is 138 cm³/mol. The Bertz CT molecular complexity index is 1230. The summed E-state index contributed by atoms with van der Waals surface area (Å²) < 4.78 is 5.85. The van der Waals surface area contributed by atoms with Crippen molar-refractivity contribution in [1.82, 2.24) is 0 Å². The number of benzene rings is 3. The molecular weight excluding hydrogens is 420 g/mol. The molecule has 34 heavy (non-hydrogen) atoms. The molecule has 1 aliphatic carbocycles. The summed E-state index contributed by atoms with van der Waals surface area (Å²) in [6.07, 6.45) is 1.30. The fraction of sp³-hybridized carbons (Fsp3) is 0.300. The molecule has 2 N–H and O–H groups in total. The largest absolute Gasteiger partial charge is 0.493 e. The Labute approximate surface area is 202 Å². The lowest BCUT2D eigenvalue weighted by Crippen LogP contribution is -2.26. The van der Waals surface area contributed by atoms with E-state index < -0.39 is 0 Å². The second kappa shape index (κ2) is 9.38. The van der Waals surface area contributed by atoms with Crippen LogP contribution in [0.25, 0.3) is 0 Å². The molecule has 0 spiro atoms. The van der Waals surface area contributed by atoms with Crippen molar-refractivity contribution in [3.8, 4) is 5.75 Å². The Balaban J connectivity index is 1.48. The van der Waals surface area contributed by atoms with Crippen molar-refractivity contribution in [2.24, 2.45) is 5.92 Å². The van der Waals surface area contributed by atoms with E-state index >= 15 is 0 Å². The molecule has 4 heteroatoms. The van der Waals surface area contributed by atoms with Gasteiger partial charge in [0.2, 0.25) is 0 Å². The summed E-state index contributed by atoms with van der Waals surface area (Å²) >= 11 is 0. The first kappa shape index (κ1) is 22.3. The molecule has 4 nitrogen and oxygen atoms in total. The summed E-state index contributed by atoms with van der Waals surface area (Å²) in [6.45, 7) is 7.08. The number of Topliss-reactive ketones (excluding diaryl/α,β-unsaturated/α-hetero) is 1. The first-order valence-corrected chi connectivity index (χ1v) is 12.2. The molecule has 5 rings (SSSR count). The number of ketones is 1. The lowest BCUT2D eigenvalue weighted by atomic mass is 9.78. The van der Waals surface area contributed by atoms with Gasteiger partial charge >= 0.3 is 0 Å². The normalized spacial score (nSPS) is 19.6. The summed E-state index contributed by atoms with van der Waals surface area (Å²) in [5.74, 6) is 1.71. The monoisotopic (exact) mass is 452 g/mol. The number of hydrogen-bond acceptors (Lipinski definition) is 4. The molecule has 0 saturated heterocycles. The molecule has 2 atom stereocenters. The molecule has 2 aliphatic rings. The van der Waals surface area contributed by atoms with Crippen LogP contribution in [-0.2, 0) is 4.79 Å². The smallest absolute Gasteiger partial charge is 0.163 e. The van der Waals surface area contributed by atoms with Crippen molar-refractivity contribution in [3.63, 3.8) is 0 Å². The van der Waals surface area contributed by atoms with E-state index in [1.165, 1.54) is 11.1 Å². The van der Waals surface area contributed by atoms with Crippen LogP contribution in [0.15, 0.2) is 84.1 Å². The zero-order valence-electron chi connectivity index (χ0n) is 20.1. The highest BCUT2D eigenvalue weighted by Crippen LogP contribution is 2.44. The van der Waals surface area contributed by atoms with Gasteiger partial charge in [-0.25, -0.2) is 0 Å². The molecule has 0 amide bonds. The van der Waals surface area contributed by atoms with E-state index in [0.717, 1.165) is 40.4 Å². The lowest BCUT2D eigenvalue weighted by molar-refractivity contribution is -0.116. The van der Waals surface area contributed by atoms with Gasteiger partial charge in [-0.2, -0.15) is 0 Å². The van der Waals surface area contributed by atoms with Gasteiger partial charge in [-0.15, -0.1) is 0 Å². The second-order valence-corrected chi connectivity index (χ2v) is 9.86. The average Bonchev–Trinajstić information content (AvgIpc) is 3.00. The molecule has 0 saturated carbocycles. The van der Waals surface area contributed by atoms with E-state index in [-0.39, 0.29) is 17.7 Å². The first-order chi connectivity index (χ1) is 16.5. The van der Waals surface area contributed by atoms with Crippen molar-refractivity contribution >= 4 is 17.2 Å². The van der Waals surface area contributed by atoms with Gasteiger partial charge in [0.15, 0.2) is 5.78 Å². The number of nitrogens with one attached hydrogen (secondary N) is 2. The number of rotatable bonds is 5. The third-order valence-electron chi connectivity index (χ3n) is 6.62. The number of ether oxygens (including phenoxy) is 1. The highest BCUT2D eigenvalue weighted by molar-refractivity contribution is 6.01. The molecule has 0 fully saturated rings. The number of fused-ring (bicyclic) bond motifs is 1. The molecule has 3 aromatic carbocycles. The second-order valence-electron chi connectivity index (χ2n) is 9.86. The van der Waals surface area contributed by atoms with Gasteiger partial charge in [-0.3, -0.25) is 4.79 Å². The maximum atomic E-state index is 13.7. The van der Waals surface area contributed by atoms with E-state index in [4.69, 9.17) is 4.74 Å². The summed E-state index contributed by atoms with van der Waals surface area (Å²) in [5.41, 5.74) is 7.38. The van der Waals surface area contributed by atoms with E-state index in [0.29, 0.717) is 18.9 Å². The summed E-state index contributed by atoms with van der Waals surface area (Å²) in [5, 5.41) is 7.28. The molecule has 0 bridgehead atoms. The molecule has 0 radical (unpaired) electrons. The number of carbonyl (C=O) groups excluding carboxylic acids is 1. The van der Waals surface area contributed by atoms with Crippen LogP contribution in [0, 0.1) is 12.8 Å². The van der Waals surface area contributed by atoms with Gasteiger partial charge in [0, 0.05) is 17.7 Å². The average molecular weight is 453 g/mol. The van der Waals surface area contributed by atoms with Crippen molar-refractivity contribution in [1.29, 1.82) is 0 Å². The molecular formula is C30H32N2O2. The third kappa shape index (κ3) is 4.58. The zero-order chi connectivity index (χ0) is 23.7. The predicted octanol–water partition coefficient (Wildman–Crippen LogP) is 7.01. The Morgan fingerprint density at radius 2 is 1.68 bits per heavy atom. The zero-order valence-corrected chi connectivity index (χ0v) is 20.1. The van der Waals surface area contributed by atoms with Crippen LogP contribution in [0.5, 0.6) is 5.75 Å². The van der Waals surface area contributed by atoms with Crippen LogP contribution < -0.4 is 15.4 Å². The van der Waals surface area contributed by atoms with Gasteiger partial charge in [0.05, 0.1) is 24.0 Å². The van der Waals surface area contributed by atoms with Gasteiger partial charge < -0.3 is 15.4 Å². The van der Waals surface area contributed by atoms with Crippen LogP contribution in [0.3, 0.4) is 0 Å². The van der Waals surface area contributed by atoms with Crippen molar-refractivity contribution in [2.45, 2.75) is 45.6 Å². The quantitative estimate of drug-likeness (QED) is 0.437. The Morgan fingerprint density at radius 1 is 0.912 bits per heavy atom. The van der Waals surface area contributed by atoms with Gasteiger partial charge in [0.1, 0.15) is 5.75 Å². The lowest BCUT2D eigenvalue weighted by Gasteiger charge is -2.30. The van der Waals surface area contributed by atoms with Crippen molar-refractivity contribution in [3.05, 3.63) is 101 Å². The Morgan fingerprint density at radius 3 is 2.41 bits per heavy atom. The third-order valence-corrected chi connectivity index (χ3v) is 6.62. The summed E-state index contributed by atoms with van der Waals surface area (Å²) in [7, 11) is 0. The molecule has 174 valence electrons. The van der Waals surface area contributed by atoms with Crippen LogP contribution in [-0.4, -0.2) is 12.4 Å². The van der Waals surface area contributed by atoms with Crippen LogP contribution in [0.2, 0.25) is 0 Å². The molecule has 1 heterocycles.